The van der Waals surface area contributed by atoms with Gasteiger partial charge >= 0.3 is 0 Å². The van der Waals surface area contributed by atoms with Crippen LogP contribution in [0.25, 0.3) is 10.8 Å². The largest absolute Gasteiger partial charge is 0.333 e. The van der Waals surface area contributed by atoms with Gasteiger partial charge < -0.3 is 4.90 Å². The molecule has 0 N–H and O–H groups in total. The summed E-state index contributed by atoms with van der Waals surface area (Å²) >= 11 is 0. The summed E-state index contributed by atoms with van der Waals surface area (Å²) in [7, 11) is 0. The number of carbonyl (C=O) groups excluding carboxylic acids is 1. The molecule has 2 heterocycles. The molecule has 24 heavy (non-hydrogen) atoms. The highest BCUT2D eigenvalue weighted by atomic mass is 16.2. The number of fused-ring (bicyclic) bond motifs is 1. The lowest BCUT2D eigenvalue weighted by molar-refractivity contribution is 0.0719. The summed E-state index contributed by atoms with van der Waals surface area (Å²) in [5.74, 6) is 0.338. The smallest absolute Gasteiger partial charge is 0.273 e. The maximum atomic E-state index is 13.1. The van der Waals surface area contributed by atoms with E-state index in [4.69, 9.17) is 0 Å². The van der Waals surface area contributed by atoms with Crippen LogP contribution in [0.1, 0.15) is 29.9 Å². The molecule has 0 spiro atoms. The van der Waals surface area contributed by atoms with E-state index in [-0.39, 0.29) is 5.91 Å². The molecule has 0 aliphatic rings. The zero-order valence-electron chi connectivity index (χ0n) is 14.0. The summed E-state index contributed by atoms with van der Waals surface area (Å²) in [5, 5.41) is 1.92. The summed E-state index contributed by atoms with van der Waals surface area (Å²) in [6.45, 7) is 5.44. The predicted molar refractivity (Wildman–Crippen MR) is 95.6 cm³/mol. The fourth-order valence-corrected chi connectivity index (χ4v) is 2.81. The van der Waals surface area contributed by atoms with Crippen LogP contribution in [0.4, 0.5) is 0 Å². The van der Waals surface area contributed by atoms with Crippen molar-refractivity contribution in [3.05, 3.63) is 72.3 Å². The van der Waals surface area contributed by atoms with Gasteiger partial charge in [0.25, 0.3) is 5.91 Å². The average Bonchev–Trinajstić information content (AvgIpc) is 2.60. The molecule has 0 saturated heterocycles. The number of hydrogen-bond donors (Lipinski definition) is 0. The van der Waals surface area contributed by atoms with Crippen molar-refractivity contribution in [1.29, 1.82) is 0 Å². The molecule has 2 aromatic heterocycles. The van der Waals surface area contributed by atoms with Crippen molar-refractivity contribution in [2.24, 2.45) is 5.92 Å². The molecular formula is C20H21N3O. The number of carbonyl (C=O) groups is 1. The van der Waals surface area contributed by atoms with E-state index in [1.54, 1.807) is 18.6 Å². The summed E-state index contributed by atoms with van der Waals surface area (Å²) in [6.07, 6.45) is 5.24. The summed E-state index contributed by atoms with van der Waals surface area (Å²) in [4.78, 5) is 23.5. The lowest BCUT2D eigenvalue weighted by atomic mass is 10.1. The van der Waals surface area contributed by atoms with E-state index >= 15 is 0 Å². The van der Waals surface area contributed by atoms with Crippen LogP contribution >= 0.6 is 0 Å². The van der Waals surface area contributed by atoms with E-state index in [1.807, 2.05) is 47.4 Å². The molecule has 0 fully saturated rings. The van der Waals surface area contributed by atoms with Crippen molar-refractivity contribution < 1.29 is 4.79 Å². The molecule has 4 heteroatoms. The lowest BCUT2D eigenvalue weighted by Gasteiger charge is -2.24. The van der Waals surface area contributed by atoms with Gasteiger partial charge in [0.2, 0.25) is 0 Å². The third-order valence-electron chi connectivity index (χ3n) is 3.85. The fourth-order valence-electron chi connectivity index (χ4n) is 2.81. The van der Waals surface area contributed by atoms with E-state index in [2.05, 4.69) is 23.8 Å². The maximum Gasteiger partial charge on any atom is 0.273 e. The third-order valence-corrected chi connectivity index (χ3v) is 3.85. The molecule has 122 valence electrons. The predicted octanol–water partition coefficient (Wildman–Crippen LogP) is 3.93. The second kappa shape index (κ2) is 7.21. The van der Waals surface area contributed by atoms with E-state index in [0.29, 0.717) is 24.7 Å². The van der Waals surface area contributed by atoms with E-state index < -0.39 is 0 Å². The van der Waals surface area contributed by atoms with Crippen LogP contribution in [-0.2, 0) is 6.54 Å². The number of hydrogen-bond acceptors (Lipinski definition) is 3. The van der Waals surface area contributed by atoms with Gasteiger partial charge in [-0.25, -0.2) is 0 Å². The highest BCUT2D eigenvalue weighted by Gasteiger charge is 2.20. The van der Waals surface area contributed by atoms with Crippen molar-refractivity contribution >= 4 is 16.7 Å². The summed E-state index contributed by atoms with van der Waals surface area (Å²) in [5.41, 5.74) is 1.53. The number of pyridine rings is 2. The van der Waals surface area contributed by atoms with Crippen molar-refractivity contribution in [3.63, 3.8) is 0 Å². The second-order valence-corrected chi connectivity index (χ2v) is 6.32. The third kappa shape index (κ3) is 3.59. The van der Waals surface area contributed by atoms with Gasteiger partial charge in [-0.3, -0.25) is 14.8 Å². The van der Waals surface area contributed by atoms with Crippen LogP contribution in [0.5, 0.6) is 0 Å². The maximum absolute atomic E-state index is 13.1. The van der Waals surface area contributed by atoms with Gasteiger partial charge in [-0.15, -0.1) is 0 Å². The number of nitrogens with zero attached hydrogens (tertiary/aromatic N) is 3. The molecule has 3 aromatic rings. The first-order valence-electron chi connectivity index (χ1n) is 8.17. The van der Waals surface area contributed by atoms with Crippen LogP contribution in [0.2, 0.25) is 0 Å². The first kappa shape index (κ1) is 16.1. The van der Waals surface area contributed by atoms with Crippen molar-refractivity contribution in [2.45, 2.75) is 20.4 Å². The van der Waals surface area contributed by atoms with Gasteiger partial charge in [-0.1, -0.05) is 44.2 Å². The van der Waals surface area contributed by atoms with Crippen molar-refractivity contribution in [2.75, 3.05) is 6.54 Å². The number of benzene rings is 1. The first-order valence-corrected chi connectivity index (χ1v) is 8.17. The lowest BCUT2D eigenvalue weighted by Crippen LogP contribution is -2.34. The SMILES string of the molecule is CC(C)CN(Cc1cccnc1)C(=O)c1nccc2ccccc12. The summed E-state index contributed by atoms with van der Waals surface area (Å²) in [6, 6.07) is 13.7. The number of aromatic nitrogens is 2. The number of rotatable bonds is 5. The molecule has 0 radical (unpaired) electrons. The zero-order valence-corrected chi connectivity index (χ0v) is 14.0. The van der Waals surface area contributed by atoms with Crippen LogP contribution in [0.3, 0.4) is 0 Å². The Hall–Kier alpha value is -2.75. The molecule has 0 aliphatic heterocycles. The molecule has 3 rings (SSSR count). The van der Waals surface area contributed by atoms with E-state index in [9.17, 15) is 4.79 Å². The zero-order chi connectivity index (χ0) is 16.9. The van der Waals surface area contributed by atoms with Gasteiger partial charge in [0.15, 0.2) is 0 Å². The Morgan fingerprint density at radius 2 is 1.92 bits per heavy atom. The topological polar surface area (TPSA) is 46.1 Å². The average molecular weight is 319 g/mol. The van der Waals surface area contributed by atoms with Crippen LogP contribution in [0.15, 0.2) is 61.1 Å². The monoisotopic (exact) mass is 319 g/mol. The molecule has 0 aliphatic carbocycles. The first-order chi connectivity index (χ1) is 11.6. The van der Waals surface area contributed by atoms with Gasteiger partial charge in [-0.2, -0.15) is 0 Å². The van der Waals surface area contributed by atoms with Crippen LogP contribution < -0.4 is 0 Å². The Balaban J connectivity index is 1.95. The quantitative estimate of drug-likeness (QED) is 0.716. The Kier molecular flexibility index (Phi) is 4.85. The second-order valence-electron chi connectivity index (χ2n) is 6.32. The molecule has 1 amide bonds. The molecule has 4 nitrogen and oxygen atoms in total. The molecule has 0 bridgehead atoms. The van der Waals surface area contributed by atoms with Crippen molar-refractivity contribution in [1.82, 2.24) is 14.9 Å². The van der Waals surface area contributed by atoms with Gasteiger partial charge in [0.1, 0.15) is 5.69 Å². The molecular weight excluding hydrogens is 298 g/mol. The highest BCUT2D eigenvalue weighted by molar-refractivity contribution is 6.05. The van der Waals surface area contributed by atoms with Crippen LogP contribution in [-0.4, -0.2) is 27.3 Å². The Morgan fingerprint density at radius 1 is 1.08 bits per heavy atom. The number of amides is 1. The Bertz CT molecular complexity index is 825. The van der Waals surface area contributed by atoms with Gasteiger partial charge in [0.05, 0.1) is 0 Å². The minimum absolute atomic E-state index is 0.0376. The van der Waals surface area contributed by atoms with Gasteiger partial charge in [-0.05, 0) is 29.0 Å². The minimum Gasteiger partial charge on any atom is -0.333 e. The minimum atomic E-state index is -0.0376. The standard InChI is InChI=1S/C20H21N3O/c1-15(2)13-23(14-16-6-5-10-21-12-16)20(24)19-18-8-4-3-7-17(18)9-11-22-19/h3-12,15H,13-14H2,1-2H3. The normalized spacial score (nSPS) is 11.0. The van der Waals surface area contributed by atoms with Crippen LogP contribution in [0, 0.1) is 5.92 Å². The fraction of sp³-hybridized carbons (Fsp3) is 0.250. The highest BCUT2D eigenvalue weighted by Crippen LogP contribution is 2.19. The van der Waals surface area contributed by atoms with E-state index in [0.717, 1.165) is 16.3 Å². The van der Waals surface area contributed by atoms with Crippen molar-refractivity contribution in [3.8, 4) is 0 Å². The van der Waals surface area contributed by atoms with E-state index in [1.165, 1.54) is 0 Å². The Morgan fingerprint density at radius 3 is 2.67 bits per heavy atom. The molecule has 0 unspecified atom stereocenters. The molecule has 1 aromatic carbocycles. The Labute approximate surface area is 142 Å². The summed E-state index contributed by atoms with van der Waals surface area (Å²) < 4.78 is 0. The molecule has 0 saturated carbocycles. The van der Waals surface area contributed by atoms with Gasteiger partial charge in [0, 0.05) is 37.1 Å². The molecule has 0 atom stereocenters.